The van der Waals surface area contributed by atoms with E-state index in [0.717, 1.165) is 72.1 Å². The molecule has 0 aromatic heterocycles. The van der Waals surface area contributed by atoms with E-state index >= 15 is 0 Å². The highest BCUT2D eigenvalue weighted by molar-refractivity contribution is 8.03. The van der Waals surface area contributed by atoms with Crippen LogP contribution < -0.4 is 11.5 Å². The third-order valence-electron chi connectivity index (χ3n) is 3.79. The minimum atomic E-state index is -4.51. The van der Waals surface area contributed by atoms with E-state index in [-0.39, 0.29) is 31.0 Å². The molecule has 166 valence electrons. The molecule has 2 rings (SSSR count). The Morgan fingerprint density at radius 3 is 1.12 bits per heavy atom. The maximum Gasteiger partial charge on any atom is 0.416 e. The molecule has 4 N–H and O–H groups in total. The van der Waals surface area contributed by atoms with Crippen LogP contribution in [0.1, 0.15) is 11.1 Å². The lowest BCUT2D eigenvalue weighted by Gasteiger charge is -2.10. The Labute approximate surface area is 187 Å². The number of allylic oxidation sites excluding steroid dienone is 2. The lowest BCUT2D eigenvalue weighted by molar-refractivity contribution is -0.138. The van der Waals surface area contributed by atoms with Crippen molar-refractivity contribution in [2.24, 2.45) is 11.5 Å². The standard InChI is InChI=1S/C20H12F6N4S2/c21-19(22,23)11-1-5-13(6-2-11)31-17(29)15(9-27)16(10-28)18(30)32-14-7-3-12(4-8-14)20(24,25)26/h1-8H,29-30H2/b17-15+,18-16+. The first kappa shape index (κ1) is 25.0. The number of benzene rings is 2. The SMILES string of the molecule is N#CC(=C(/N)Sc1ccc(C(F)(F)F)cc1)/C(C#N)=C(\N)Sc1ccc(C(F)(F)F)cc1. The van der Waals surface area contributed by atoms with Gasteiger partial charge in [0, 0.05) is 9.79 Å². The molecule has 2 aromatic carbocycles. The second-order valence-electron chi connectivity index (χ2n) is 5.95. The van der Waals surface area contributed by atoms with Crippen molar-refractivity contribution in [2.75, 3.05) is 0 Å². The lowest BCUT2D eigenvalue weighted by atomic mass is 10.1. The topological polar surface area (TPSA) is 99.6 Å². The van der Waals surface area contributed by atoms with Crippen LogP contribution in [0.4, 0.5) is 26.3 Å². The molecule has 0 aliphatic carbocycles. The third-order valence-corrected chi connectivity index (χ3v) is 5.65. The number of hydrogen-bond donors (Lipinski definition) is 2. The molecule has 0 radical (unpaired) electrons. The fourth-order valence-corrected chi connectivity index (χ4v) is 3.80. The quantitative estimate of drug-likeness (QED) is 0.233. The van der Waals surface area contributed by atoms with Gasteiger partial charge in [-0.05, 0) is 48.5 Å². The van der Waals surface area contributed by atoms with Crippen LogP contribution in [0.3, 0.4) is 0 Å². The summed E-state index contributed by atoms with van der Waals surface area (Å²) in [6.45, 7) is 0. The second-order valence-corrected chi connectivity index (χ2v) is 8.18. The van der Waals surface area contributed by atoms with Gasteiger partial charge >= 0.3 is 12.4 Å². The molecule has 12 heteroatoms. The average Bonchev–Trinajstić information content (AvgIpc) is 2.71. The predicted molar refractivity (Wildman–Crippen MR) is 108 cm³/mol. The van der Waals surface area contributed by atoms with Crippen molar-refractivity contribution in [1.82, 2.24) is 0 Å². The van der Waals surface area contributed by atoms with Crippen LogP contribution in [-0.4, -0.2) is 0 Å². The molecule has 2 aromatic rings. The Kier molecular flexibility index (Phi) is 7.78. The molecule has 0 unspecified atom stereocenters. The minimum Gasteiger partial charge on any atom is -0.392 e. The van der Waals surface area contributed by atoms with Crippen LogP contribution in [0, 0.1) is 22.7 Å². The number of nitriles is 2. The molecule has 0 atom stereocenters. The van der Waals surface area contributed by atoms with Crippen molar-refractivity contribution >= 4 is 23.5 Å². The summed E-state index contributed by atoms with van der Waals surface area (Å²) >= 11 is 1.52. The molecule has 0 saturated heterocycles. The van der Waals surface area contributed by atoms with E-state index in [9.17, 15) is 36.9 Å². The summed E-state index contributed by atoms with van der Waals surface area (Å²) in [4.78, 5) is 0.573. The van der Waals surface area contributed by atoms with Crippen molar-refractivity contribution in [3.8, 4) is 12.1 Å². The number of nitrogens with zero attached hydrogens (tertiary/aromatic N) is 2. The monoisotopic (exact) mass is 486 g/mol. The Morgan fingerprint density at radius 1 is 0.625 bits per heavy atom. The molecule has 0 amide bonds. The summed E-state index contributed by atoms with van der Waals surface area (Å²) in [6, 6.07) is 11.5. The van der Waals surface area contributed by atoms with Gasteiger partial charge in [-0.2, -0.15) is 36.9 Å². The molecular formula is C20H12F6N4S2. The molecule has 0 aliphatic heterocycles. The Morgan fingerprint density at radius 2 is 0.906 bits per heavy atom. The van der Waals surface area contributed by atoms with Crippen LogP contribution in [0.15, 0.2) is 79.5 Å². The number of rotatable bonds is 5. The fraction of sp³-hybridized carbons (Fsp3) is 0.100. The number of nitrogens with two attached hydrogens (primary N) is 2. The maximum atomic E-state index is 12.7. The van der Waals surface area contributed by atoms with E-state index in [1.54, 1.807) is 12.1 Å². The highest BCUT2D eigenvalue weighted by atomic mass is 32.2. The molecule has 32 heavy (non-hydrogen) atoms. The van der Waals surface area contributed by atoms with Crippen molar-refractivity contribution in [3.05, 3.63) is 80.9 Å². The highest BCUT2D eigenvalue weighted by Gasteiger charge is 2.30. The van der Waals surface area contributed by atoms with Crippen LogP contribution in [-0.2, 0) is 12.4 Å². The normalized spacial score (nSPS) is 13.5. The largest absolute Gasteiger partial charge is 0.416 e. The van der Waals surface area contributed by atoms with Crippen molar-refractivity contribution in [1.29, 1.82) is 10.5 Å². The molecule has 0 aliphatic rings. The van der Waals surface area contributed by atoms with Gasteiger partial charge < -0.3 is 11.5 Å². The Balaban J connectivity index is 2.31. The van der Waals surface area contributed by atoms with Crippen LogP contribution in [0.2, 0.25) is 0 Å². The summed E-state index contributed by atoms with van der Waals surface area (Å²) in [7, 11) is 0. The predicted octanol–water partition coefficient (Wildman–Crippen LogP) is 6.00. The molecule has 0 spiro atoms. The molecule has 4 nitrogen and oxygen atoms in total. The second kappa shape index (κ2) is 9.94. The van der Waals surface area contributed by atoms with Crippen LogP contribution in [0.25, 0.3) is 0 Å². The number of alkyl halides is 6. The highest BCUT2D eigenvalue weighted by Crippen LogP contribution is 2.35. The van der Waals surface area contributed by atoms with Gasteiger partial charge in [-0.3, -0.25) is 0 Å². The average molecular weight is 486 g/mol. The van der Waals surface area contributed by atoms with Gasteiger partial charge in [0.15, 0.2) is 0 Å². The van der Waals surface area contributed by atoms with Crippen molar-refractivity contribution in [3.63, 3.8) is 0 Å². The molecule has 0 heterocycles. The number of hydrogen-bond acceptors (Lipinski definition) is 6. The lowest BCUT2D eigenvalue weighted by Crippen LogP contribution is -2.06. The van der Waals surface area contributed by atoms with E-state index in [0.29, 0.717) is 0 Å². The van der Waals surface area contributed by atoms with Gasteiger partial charge in [0.25, 0.3) is 0 Å². The van der Waals surface area contributed by atoms with E-state index < -0.39 is 23.5 Å². The summed E-state index contributed by atoms with van der Waals surface area (Å²) in [5.41, 5.74) is 9.42. The summed E-state index contributed by atoms with van der Waals surface area (Å²) in [5, 5.41) is 18.5. The smallest absolute Gasteiger partial charge is 0.392 e. The van der Waals surface area contributed by atoms with Crippen LogP contribution in [0.5, 0.6) is 0 Å². The Hall–Kier alpha value is -3.22. The van der Waals surface area contributed by atoms with E-state index in [1.807, 2.05) is 0 Å². The maximum absolute atomic E-state index is 12.7. The number of thioether (sulfide) groups is 2. The van der Waals surface area contributed by atoms with Gasteiger partial charge in [0.05, 0.1) is 21.2 Å². The van der Waals surface area contributed by atoms with Crippen molar-refractivity contribution in [2.45, 2.75) is 22.1 Å². The summed E-state index contributed by atoms with van der Waals surface area (Å²) < 4.78 is 76.0. The zero-order valence-corrected chi connectivity index (χ0v) is 17.4. The Bertz CT molecular complexity index is 1030. The van der Waals surface area contributed by atoms with Gasteiger partial charge in [0.1, 0.15) is 23.3 Å². The molecule has 0 bridgehead atoms. The third kappa shape index (κ3) is 6.39. The van der Waals surface area contributed by atoms with Gasteiger partial charge in [-0.25, -0.2) is 0 Å². The van der Waals surface area contributed by atoms with E-state index in [4.69, 9.17) is 11.5 Å². The first-order chi connectivity index (χ1) is 14.9. The van der Waals surface area contributed by atoms with Crippen LogP contribution >= 0.6 is 23.5 Å². The van der Waals surface area contributed by atoms with Gasteiger partial charge in [0.2, 0.25) is 0 Å². The molecular weight excluding hydrogens is 474 g/mol. The van der Waals surface area contributed by atoms with Gasteiger partial charge in [-0.1, -0.05) is 23.5 Å². The summed E-state index contributed by atoms with van der Waals surface area (Å²) in [6.07, 6.45) is -9.02. The molecule has 0 saturated carbocycles. The zero-order valence-electron chi connectivity index (χ0n) is 15.8. The van der Waals surface area contributed by atoms with E-state index in [1.165, 1.54) is 0 Å². The summed E-state index contributed by atoms with van der Waals surface area (Å²) in [5.74, 6) is 0. The fourth-order valence-electron chi connectivity index (χ4n) is 2.25. The first-order valence-corrected chi connectivity index (χ1v) is 10.0. The zero-order chi connectivity index (χ0) is 24.1. The minimum absolute atomic E-state index is 0.181. The molecule has 0 fully saturated rings. The number of halogens is 6. The van der Waals surface area contributed by atoms with Crippen molar-refractivity contribution < 1.29 is 26.3 Å². The van der Waals surface area contributed by atoms with E-state index in [2.05, 4.69) is 0 Å². The van der Waals surface area contributed by atoms with Gasteiger partial charge in [-0.15, -0.1) is 0 Å². The first-order valence-electron chi connectivity index (χ1n) is 8.37.